The molecule has 1 atom stereocenters. The molecule has 0 spiro atoms. The summed E-state index contributed by atoms with van der Waals surface area (Å²) in [4.78, 5) is 10.7. The first kappa shape index (κ1) is 12.4. The first-order valence-corrected chi connectivity index (χ1v) is 6.63. The molecular formula is C10H17N5OS. The number of nitrogens with one attached hydrogen (secondary N) is 1. The van der Waals surface area contributed by atoms with E-state index in [1.54, 1.807) is 6.07 Å². The minimum Gasteiger partial charge on any atom is -0.388 e. The van der Waals surface area contributed by atoms with Gasteiger partial charge < -0.3 is 15.4 Å². The number of hydrazine groups is 1. The summed E-state index contributed by atoms with van der Waals surface area (Å²) in [6.07, 6.45) is 2.66. The third-order valence-electron chi connectivity index (χ3n) is 2.80. The Morgan fingerprint density at radius 1 is 1.59 bits per heavy atom. The largest absolute Gasteiger partial charge is 0.388 e. The third-order valence-corrected chi connectivity index (χ3v) is 3.35. The van der Waals surface area contributed by atoms with E-state index in [2.05, 4.69) is 15.4 Å². The van der Waals surface area contributed by atoms with Crippen LogP contribution in [0.25, 0.3) is 0 Å². The summed E-state index contributed by atoms with van der Waals surface area (Å²) in [6.45, 7) is 3.22. The maximum absolute atomic E-state index is 9.95. The highest BCUT2D eigenvalue weighted by Gasteiger charge is 2.32. The van der Waals surface area contributed by atoms with Crippen LogP contribution in [-0.4, -0.2) is 40.0 Å². The Morgan fingerprint density at radius 2 is 2.35 bits per heavy atom. The van der Waals surface area contributed by atoms with Crippen LogP contribution in [0.5, 0.6) is 0 Å². The highest BCUT2D eigenvalue weighted by atomic mass is 32.2. The van der Waals surface area contributed by atoms with Crippen molar-refractivity contribution in [3.8, 4) is 0 Å². The van der Waals surface area contributed by atoms with Crippen LogP contribution in [0.1, 0.15) is 13.3 Å². The van der Waals surface area contributed by atoms with E-state index in [9.17, 15) is 5.11 Å². The van der Waals surface area contributed by atoms with Crippen molar-refractivity contribution in [1.29, 1.82) is 0 Å². The third kappa shape index (κ3) is 2.80. The molecule has 4 N–H and O–H groups in total. The highest BCUT2D eigenvalue weighted by molar-refractivity contribution is 7.98. The predicted octanol–water partition coefficient (Wildman–Crippen LogP) is 0.445. The molecule has 1 aromatic heterocycles. The van der Waals surface area contributed by atoms with E-state index < -0.39 is 5.60 Å². The van der Waals surface area contributed by atoms with Crippen LogP contribution in [0.4, 0.5) is 11.6 Å². The molecule has 94 valence electrons. The van der Waals surface area contributed by atoms with Crippen molar-refractivity contribution < 1.29 is 5.11 Å². The second kappa shape index (κ2) is 4.67. The zero-order chi connectivity index (χ0) is 12.5. The SMILES string of the molecule is CSc1nc(NN)cc(N2CCC(C)(O)C2)n1. The maximum atomic E-state index is 9.95. The number of thioether (sulfide) groups is 1. The second-order valence-corrected chi connectivity index (χ2v) is 5.18. The van der Waals surface area contributed by atoms with E-state index in [1.807, 2.05) is 18.1 Å². The maximum Gasteiger partial charge on any atom is 0.191 e. The number of rotatable bonds is 3. The first-order valence-electron chi connectivity index (χ1n) is 5.41. The van der Waals surface area contributed by atoms with Gasteiger partial charge in [0.25, 0.3) is 0 Å². The molecule has 0 aromatic carbocycles. The van der Waals surface area contributed by atoms with E-state index >= 15 is 0 Å². The number of aliphatic hydroxyl groups is 1. The van der Waals surface area contributed by atoms with Crippen molar-refractivity contribution >= 4 is 23.4 Å². The molecule has 2 heterocycles. The minimum absolute atomic E-state index is 0.585. The molecule has 2 rings (SSSR count). The number of anilines is 2. The summed E-state index contributed by atoms with van der Waals surface area (Å²) in [5.41, 5.74) is 1.89. The van der Waals surface area contributed by atoms with E-state index in [0.29, 0.717) is 17.5 Å². The van der Waals surface area contributed by atoms with Crippen molar-refractivity contribution in [3.05, 3.63) is 6.07 Å². The van der Waals surface area contributed by atoms with Crippen LogP contribution in [-0.2, 0) is 0 Å². The number of nitrogen functional groups attached to an aromatic ring is 1. The Labute approximate surface area is 105 Å². The molecule has 1 unspecified atom stereocenters. The van der Waals surface area contributed by atoms with Crippen LogP contribution >= 0.6 is 11.8 Å². The zero-order valence-electron chi connectivity index (χ0n) is 9.97. The molecule has 7 heteroatoms. The predicted molar refractivity (Wildman–Crippen MR) is 69.1 cm³/mol. The van der Waals surface area contributed by atoms with Crippen LogP contribution in [0.3, 0.4) is 0 Å². The lowest BCUT2D eigenvalue weighted by atomic mass is 10.1. The molecule has 17 heavy (non-hydrogen) atoms. The van der Waals surface area contributed by atoms with E-state index in [0.717, 1.165) is 18.8 Å². The smallest absolute Gasteiger partial charge is 0.191 e. The van der Waals surface area contributed by atoms with E-state index in [-0.39, 0.29) is 0 Å². The topological polar surface area (TPSA) is 87.3 Å². The number of nitrogens with zero attached hydrogens (tertiary/aromatic N) is 3. The fourth-order valence-electron chi connectivity index (χ4n) is 1.88. The van der Waals surface area contributed by atoms with Gasteiger partial charge in [0.15, 0.2) is 5.16 Å². The Hall–Kier alpha value is -1.05. The van der Waals surface area contributed by atoms with Gasteiger partial charge >= 0.3 is 0 Å². The van der Waals surface area contributed by atoms with Gasteiger partial charge in [0.2, 0.25) is 0 Å². The normalized spacial score (nSPS) is 24.1. The summed E-state index contributed by atoms with van der Waals surface area (Å²) in [6, 6.07) is 1.79. The minimum atomic E-state index is -0.638. The molecule has 1 aromatic rings. The summed E-state index contributed by atoms with van der Waals surface area (Å²) < 4.78 is 0. The van der Waals surface area contributed by atoms with Gasteiger partial charge in [0.1, 0.15) is 11.6 Å². The zero-order valence-corrected chi connectivity index (χ0v) is 10.8. The van der Waals surface area contributed by atoms with Crippen LogP contribution < -0.4 is 16.2 Å². The number of hydrogen-bond donors (Lipinski definition) is 3. The molecule has 0 saturated carbocycles. The summed E-state index contributed by atoms with van der Waals surface area (Å²) >= 11 is 1.46. The summed E-state index contributed by atoms with van der Waals surface area (Å²) in [7, 11) is 0. The monoisotopic (exact) mass is 255 g/mol. The summed E-state index contributed by atoms with van der Waals surface area (Å²) in [5.74, 6) is 6.77. The van der Waals surface area contributed by atoms with Crippen molar-refractivity contribution in [2.45, 2.75) is 24.1 Å². The Bertz CT molecular complexity index is 389. The quantitative estimate of drug-likeness (QED) is 0.313. The Balaban J connectivity index is 2.26. The first-order chi connectivity index (χ1) is 8.04. The fourth-order valence-corrected chi connectivity index (χ4v) is 2.26. The molecular weight excluding hydrogens is 238 g/mol. The van der Waals surface area contributed by atoms with Gasteiger partial charge in [-0.15, -0.1) is 0 Å². The van der Waals surface area contributed by atoms with E-state index in [4.69, 9.17) is 5.84 Å². The Kier molecular flexibility index (Phi) is 3.41. The van der Waals surface area contributed by atoms with Gasteiger partial charge in [0, 0.05) is 19.2 Å². The van der Waals surface area contributed by atoms with Crippen molar-refractivity contribution in [3.63, 3.8) is 0 Å². The lowest BCUT2D eigenvalue weighted by Crippen LogP contribution is -2.30. The van der Waals surface area contributed by atoms with Gasteiger partial charge in [-0.05, 0) is 19.6 Å². The highest BCUT2D eigenvalue weighted by Crippen LogP contribution is 2.27. The average Bonchev–Trinajstić information content (AvgIpc) is 2.69. The second-order valence-electron chi connectivity index (χ2n) is 4.41. The number of nitrogens with two attached hydrogens (primary N) is 1. The molecule has 1 saturated heterocycles. The van der Waals surface area contributed by atoms with Crippen molar-refractivity contribution in [2.75, 3.05) is 29.7 Å². The van der Waals surface area contributed by atoms with Crippen molar-refractivity contribution in [1.82, 2.24) is 9.97 Å². The molecule has 6 nitrogen and oxygen atoms in total. The molecule has 0 radical (unpaired) electrons. The average molecular weight is 255 g/mol. The van der Waals surface area contributed by atoms with Crippen LogP contribution in [0.15, 0.2) is 11.2 Å². The fraction of sp³-hybridized carbons (Fsp3) is 0.600. The van der Waals surface area contributed by atoms with E-state index in [1.165, 1.54) is 11.8 Å². The van der Waals surface area contributed by atoms with Crippen LogP contribution in [0.2, 0.25) is 0 Å². The lowest BCUT2D eigenvalue weighted by molar-refractivity contribution is 0.0839. The van der Waals surface area contributed by atoms with Gasteiger partial charge in [-0.2, -0.15) is 0 Å². The van der Waals surface area contributed by atoms with Gasteiger partial charge in [-0.1, -0.05) is 11.8 Å². The van der Waals surface area contributed by atoms with Crippen LogP contribution in [0, 0.1) is 0 Å². The number of β-amino-alcohol motifs (C(OH)–C–C–N with tert-alkyl or cyclic N) is 1. The van der Waals surface area contributed by atoms with Gasteiger partial charge in [-0.25, -0.2) is 15.8 Å². The number of hydrogen-bond acceptors (Lipinski definition) is 7. The standard InChI is InChI=1S/C10H17N5OS/c1-10(16)3-4-15(6-10)8-5-7(14-11)12-9(13-8)17-2/h5,16H,3-4,6,11H2,1-2H3,(H,12,13,14). The molecule has 0 aliphatic carbocycles. The molecule has 1 aliphatic heterocycles. The molecule has 0 bridgehead atoms. The lowest BCUT2D eigenvalue weighted by Gasteiger charge is -2.20. The Morgan fingerprint density at radius 3 is 2.88 bits per heavy atom. The van der Waals surface area contributed by atoms with Gasteiger partial charge in [0.05, 0.1) is 5.60 Å². The van der Waals surface area contributed by atoms with Gasteiger partial charge in [-0.3, -0.25) is 0 Å². The molecule has 1 aliphatic rings. The molecule has 0 amide bonds. The van der Waals surface area contributed by atoms with Crippen molar-refractivity contribution in [2.24, 2.45) is 5.84 Å². The molecule has 1 fully saturated rings. The number of aromatic nitrogens is 2. The summed E-state index contributed by atoms with van der Waals surface area (Å²) in [5, 5.41) is 10.6.